The van der Waals surface area contributed by atoms with Crippen molar-refractivity contribution < 1.29 is 13.5 Å². The molecule has 0 saturated heterocycles. The number of hydrogen-bond donors (Lipinski definition) is 1. The van der Waals surface area contributed by atoms with E-state index in [0.29, 0.717) is 18.7 Å². The highest BCUT2D eigenvalue weighted by atomic mass is 19.1. The Balaban J connectivity index is 1.93. The summed E-state index contributed by atoms with van der Waals surface area (Å²) >= 11 is 0. The summed E-state index contributed by atoms with van der Waals surface area (Å²) in [5, 5.41) is 3.03. The first kappa shape index (κ1) is 12.8. The highest BCUT2D eigenvalue weighted by molar-refractivity contribution is 5.24. The maximum atomic E-state index is 13.6. The van der Waals surface area contributed by atoms with Gasteiger partial charge in [-0.2, -0.15) is 0 Å². The summed E-state index contributed by atoms with van der Waals surface area (Å²) in [6, 6.07) is 8.68. The molecule has 1 N–H and O–H groups in total. The molecular formula is C14H16FNO2. The van der Waals surface area contributed by atoms with Gasteiger partial charge in [0, 0.05) is 12.1 Å². The molecule has 96 valence electrons. The largest absolute Gasteiger partial charge is 0.467 e. The SMILES string of the molecule is CNCc1ccc(F)c(COCc2ccco2)c1. The molecule has 0 aliphatic heterocycles. The second-order valence-electron chi connectivity index (χ2n) is 4.03. The minimum absolute atomic E-state index is 0.240. The van der Waals surface area contributed by atoms with Crippen LogP contribution in [-0.4, -0.2) is 7.05 Å². The Kier molecular flexibility index (Phi) is 4.50. The molecule has 2 rings (SSSR count). The van der Waals surface area contributed by atoms with Gasteiger partial charge in [-0.3, -0.25) is 0 Å². The van der Waals surface area contributed by atoms with Gasteiger partial charge in [-0.25, -0.2) is 4.39 Å². The molecular weight excluding hydrogens is 233 g/mol. The lowest BCUT2D eigenvalue weighted by molar-refractivity contribution is 0.0908. The topological polar surface area (TPSA) is 34.4 Å². The third-order valence-electron chi connectivity index (χ3n) is 2.57. The first-order chi connectivity index (χ1) is 8.79. The number of furan rings is 1. The first-order valence-electron chi connectivity index (χ1n) is 5.81. The zero-order valence-corrected chi connectivity index (χ0v) is 10.3. The molecule has 0 amide bonds. The van der Waals surface area contributed by atoms with Crippen LogP contribution in [0.4, 0.5) is 4.39 Å². The maximum Gasteiger partial charge on any atom is 0.129 e. The molecule has 3 nitrogen and oxygen atoms in total. The standard InChI is InChI=1S/C14H16FNO2/c1-16-8-11-4-5-14(15)12(7-11)9-17-10-13-3-2-6-18-13/h2-7,16H,8-10H2,1H3. The lowest BCUT2D eigenvalue weighted by atomic mass is 10.1. The van der Waals surface area contributed by atoms with E-state index >= 15 is 0 Å². The van der Waals surface area contributed by atoms with Gasteiger partial charge in [0.1, 0.15) is 18.2 Å². The normalized spacial score (nSPS) is 10.8. The third kappa shape index (κ3) is 3.42. The number of benzene rings is 1. The second-order valence-corrected chi connectivity index (χ2v) is 4.03. The van der Waals surface area contributed by atoms with Crippen molar-refractivity contribution in [3.8, 4) is 0 Å². The highest BCUT2D eigenvalue weighted by Gasteiger charge is 2.04. The molecule has 0 aliphatic carbocycles. The minimum Gasteiger partial charge on any atom is -0.467 e. The van der Waals surface area contributed by atoms with Crippen LogP contribution in [0.1, 0.15) is 16.9 Å². The fraction of sp³-hybridized carbons (Fsp3) is 0.286. The Hall–Kier alpha value is -1.65. The summed E-state index contributed by atoms with van der Waals surface area (Å²) in [6.45, 7) is 1.30. The van der Waals surface area contributed by atoms with E-state index in [1.807, 2.05) is 19.2 Å². The van der Waals surface area contributed by atoms with Crippen LogP contribution in [-0.2, 0) is 24.5 Å². The summed E-state index contributed by atoms with van der Waals surface area (Å²) in [7, 11) is 1.86. The van der Waals surface area contributed by atoms with E-state index in [2.05, 4.69) is 5.32 Å². The van der Waals surface area contributed by atoms with Gasteiger partial charge in [0.2, 0.25) is 0 Å². The van der Waals surface area contributed by atoms with Crippen LogP contribution in [0.3, 0.4) is 0 Å². The summed E-state index contributed by atoms with van der Waals surface area (Å²) in [5.74, 6) is 0.496. The average Bonchev–Trinajstić information content (AvgIpc) is 2.86. The van der Waals surface area contributed by atoms with Gasteiger partial charge in [0.25, 0.3) is 0 Å². The molecule has 1 heterocycles. The predicted molar refractivity (Wildman–Crippen MR) is 66.4 cm³/mol. The smallest absolute Gasteiger partial charge is 0.129 e. The number of ether oxygens (including phenoxy) is 1. The lowest BCUT2D eigenvalue weighted by Crippen LogP contribution is -2.06. The van der Waals surface area contributed by atoms with Crippen molar-refractivity contribution in [1.82, 2.24) is 5.32 Å². The number of hydrogen-bond acceptors (Lipinski definition) is 3. The molecule has 0 radical (unpaired) electrons. The van der Waals surface area contributed by atoms with Gasteiger partial charge in [0.15, 0.2) is 0 Å². The Morgan fingerprint density at radius 2 is 2.17 bits per heavy atom. The quantitative estimate of drug-likeness (QED) is 0.854. The molecule has 0 aliphatic rings. The zero-order valence-electron chi connectivity index (χ0n) is 10.3. The minimum atomic E-state index is -0.241. The van der Waals surface area contributed by atoms with Crippen molar-refractivity contribution in [2.75, 3.05) is 7.05 Å². The summed E-state index contributed by atoms with van der Waals surface area (Å²) < 4.78 is 24.1. The molecule has 0 fully saturated rings. The summed E-state index contributed by atoms with van der Waals surface area (Å²) in [6.07, 6.45) is 1.59. The van der Waals surface area contributed by atoms with E-state index in [1.54, 1.807) is 18.4 Å². The number of halogens is 1. The number of nitrogens with one attached hydrogen (secondary N) is 1. The molecule has 4 heteroatoms. The van der Waals surface area contributed by atoms with Gasteiger partial charge in [-0.15, -0.1) is 0 Å². The Bertz CT molecular complexity index is 483. The fourth-order valence-corrected chi connectivity index (χ4v) is 1.71. The molecule has 0 bridgehead atoms. The predicted octanol–water partition coefficient (Wildman–Crippen LogP) is 2.85. The van der Waals surface area contributed by atoms with E-state index in [4.69, 9.17) is 9.15 Å². The Labute approximate surface area is 106 Å². The average molecular weight is 249 g/mol. The van der Waals surface area contributed by atoms with Crippen LogP contribution < -0.4 is 5.32 Å². The van der Waals surface area contributed by atoms with Gasteiger partial charge < -0.3 is 14.5 Å². The van der Waals surface area contributed by atoms with Crippen LogP contribution in [0.2, 0.25) is 0 Å². The van der Waals surface area contributed by atoms with E-state index in [9.17, 15) is 4.39 Å². The van der Waals surface area contributed by atoms with E-state index in [0.717, 1.165) is 11.3 Å². The zero-order chi connectivity index (χ0) is 12.8. The van der Waals surface area contributed by atoms with Crippen LogP contribution >= 0.6 is 0 Å². The summed E-state index contributed by atoms with van der Waals surface area (Å²) in [4.78, 5) is 0. The van der Waals surface area contributed by atoms with Crippen molar-refractivity contribution in [3.63, 3.8) is 0 Å². The van der Waals surface area contributed by atoms with Crippen molar-refractivity contribution in [1.29, 1.82) is 0 Å². The molecule has 0 saturated carbocycles. The fourth-order valence-electron chi connectivity index (χ4n) is 1.71. The van der Waals surface area contributed by atoms with Crippen molar-refractivity contribution >= 4 is 0 Å². The summed E-state index contributed by atoms with van der Waals surface area (Å²) in [5.41, 5.74) is 1.60. The van der Waals surface area contributed by atoms with Crippen LogP contribution in [0.15, 0.2) is 41.0 Å². The van der Waals surface area contributed by atoms with E-state index in [-0.39, 0.29) is 12.4 Å². The van der Waals surface area contributed by atoms with Crippen LogP contribution in [0.5, 0.6) is 0 Å². The Morgan fingerprint density at radius 1 is 1.28 bits per heavy atom. The first-order valence-corrected chi connectivity index (χ1v) is 5.81. The van der Waals surface area contributed by atoms with Gasteiger partial charge >= 0.3 is 0 Å². The van der Waals surface area contributed by atoms with Gasteiger partial charge in [-0.05, 0) is 36.9 Å². The van der Waals surface area contributed by atoms with Crippen LogP contribution in [0, 0.1) is 5.82 Å². The van der Waals surface area contributed by atoms with E-state index in [1.165, 1.54) is 6.07 Å². The molecule has 0 spiro atoms. The molecule has 18 heavy (non-hydrogen) atoms. The van der Waals surface area contributed by atoms with Gasteiger partial charge in [-0.1, -0.05) is 6.07 Å². The van der Waals surface area contributed by atoms with Gasteiger partial charge in [0.05, 0.1) is 12.9 Å². The molecule has 0 atom stereocenters. The van der Waals surface area contributed by atoms with E-state index < -0.39 is 0 Å². The number of rotatable bonds is 6. The molecule has 1 aromatic heterocycles. The lowest BCUT2D eigenvalue weighted by Gasteiger charge is -2.07. The monoisotopic (exact) mass is 249 g/mol. The van der Waals surface area contributed by atoms with Crippen molar-refractivity contribution in [2.45, 2.75) is 19.8 Å². The van der Waals surface area contributed by atoms with Crippen molar-refractivity contribution in [3.05, 3.63) is 59.3 Å². The molecule has 1 aromatic carbocycles. The Morgan fingerprint density at radius 3 is 2.89 bits per heavy atom. The maximum absolute atomic E-state index is 13.6. The van der Waals surface area contributed by atoms with Crippen molar-refractivity contribution in [2.24, 2.45) is 0 Å². The highest BCUT2D eigenvalue weighted by Crippen LogP contribution is 2.13. The molecule has 2 aromatic rings. The molecule has 0 unspecified atom stereocenters. The second kappa shape index (κ2) is 6.33. The third-order valence-corrected chi connectivity index (χ3v) is 2.57. The van der Waals surface area contributed by atoms with Crippen LogP contribution in [0.25, 0.3) is 0 Å².